The summed E-state index contributed by atoms with van der Waals surface area (Å²) in [5, 5.41) is 17.4. The minimum atomic E-state index is -0.996. The van der Waals surface area contributed by atoms with Gasteiger partial charge >= 0.3 is 5.97 Å². The fraction of sp³-hybridized carbons (Fsp3) is 0.857. The van der Waals surface area contributed by atoms with Gasteiger partial charge in [0.2, 0.25) is 0 Å². The van der Waals surface area contributed by atoms with Crippen LogP contribution in [-0.2, 0) is 11.2 Å². The van der Waals surface area contributed by atoms with Crippen LogP contribution >= 0.6 is 0 Å². The molecule has 3 N–H and O–H groups in total. The Bertz CT molecular complexity index is 504. The van der Waals surface area contributed by atoms with Crippen molar-refractivity contribution in [2.75, 3.05) is 0 Å². The predicted octanol–water partition coefficient (Wildman–Crippen LogP) is 4.88. The Morgan fingerprint density at radius 1 is 1.00 bits per heavy atom. The van der Waals surface area contributed by atoms with E-state index in [-0.39, 0.29) is 6.42 Å². The molecule has 1 aromatic rings. The third-order valence-electron chi connectivity index (χ3n) is 5.21. The van der Waals surface area contributed by atoms with Gasteiger partial charge in [0, 0.05) is 12.6 Å². The Balaban J connectivity index is 2.53. The molecule has 0 radical (unpaired) electrons. The largest absolute Gasteiger partial charge is 0.480 e. The van der Waals surface area contributed by atoms with Crippen LogP contribution in [0.5, 0.6) is 0 Å². The van der Waals surface area contributed by atoms with Gasteiger partial charge in [0.25, 0.3) is 0 Å². The average Bonchev–Trinajstić information content (AvgIpc) is 3.10. The Morgan fingerprint density at radius 3 is 2.04 bits per heavy atom. The maximum atomic E-state index is 10.9. The van der Waals surface area contributed by atoms with Crippen molar-refractivity contribution >= 4 is 5.97 Å². The molecule has 1 rings (SSSR count). The molecular formula is C21H40N4O2. The van der Waals surface area contributed by atoms with Gasteiger partial charge in [-0.2, -0.15) is 0 Å². The molecule has 0 amide bonds. The van der Waals surface area contributed by atoms with Gasteiger partial charge in [0.05, 0.1) is 11.7 Å². The highest BCUT2D eigenvalue weighted by molar-refractivity contribution is 5.73. The van der Waals surface area contributed by atoms with Gasteiger partial charge in [-0.15, -0.1) is 5.10 Å². The second kappa shape index (κ2) is 14.6. The molecule has 0 fully saturated rings. The molecule has 1 aromatic heterocycles. The molecule has 0 aliphatic heterocycles. The molecule has 0 bridgehead atoms. The zero-order chi connectivity index (χ0) is 19.9. The molecule has 156 valence electrons. The number of carbonyl (C=O) groups is 1. The van der Waals surface area contributed by atoms with Crippen LogP contribution in [0.25, 0.3) is 0 Å². The first-order valence-corrected chi connectivity index (χ1v) is 11.0. The normalized spacial score (nSPS) is 13.6. The molecule has 6 heteroatoms. The lowest BCUT2D eigenvalue weighted by Crippen LogP contribution is -2.32. The van der Waals surface area contributed by atoms with E-state index < -0.39 is 12.0 Å². The van der Waals surface area contributed by atoms with Crippen LogP contribution in [0.4, 0.5) is 0 Å². The predicted molar refractivity (Wildman–Crippen MR) is 110 cm³/mol. The molecule has 1 heterocycles. The number of nitrogens with two attached hydrogens (primary N) is 1. The number of unbranched alkanes of at least 4 members (excludes halogenated alkanes) is 9. The van der Waals surface area contributed by atoms with Crippen LogP contribution in [-0.4, -0.2) is 32.1 Å². The van der Waals surface area contributed by atoms with Crippen LogP contribution in [0.3, 0.4) is 0 Å². The van der Waals surface area contributed by atoms with Crippen molar-refractivity contribution < 1.29 is 9.90 Å². The van der Waals surface area contributed by atoms with Crippen LogP contribution in [0.2, 0.25) is 0 Å². The first-order chi connectivity index (χ1) is 13.1. The second-order valence-corrected chi connectivity index (χ2v) is 7.75. The molecule has 0 saturated carbocycles. The van der Waals surface area contributed by atoms with Gasteiger partial charge in [0.1, 0.15) is 6.04 Å². The zero-order valence-electron chi connectivity index (χ0n) is 17.4. The molecule has 0 spiro atoms. The van der Waals surface area contributed by atoms with Crippen LogP contribution in [0, 0.1) is 0 Å². The maximum Gasteiger partial charge on any atom is 0.320 e. The quantitative estimate of drug-likeness (QED) is 0.375. The molecule has 2 unspecified atom stereocenters. The fourth-order valence-corrected chi connectivity index (χ4v) is 3.45. The average molecular weight is 381 g/mol. The number of aliphatic carboxylic acids is 1. The number of aromatic nitrogens is 3. The summed E-state index contributed by atoms with van der Waals surface area (Å²) in [6.07, 6.45) is 18.5. The smallest absolute Gasteiger partial charge is 0.320 e. The minimum absolute atomic E-state index is 0.232. The molecule has 2 atom stereocenters. The highest BCUT2D eigenvalue weighted by atomic mass is 16.4. The topological polar surface area (TPSA) is 94.0 Å². The molecule has 6 nitrogen and oxygen atoms in total. The number of hydrogen-bond donors (Lipinski definition) is 2. The SMILES string of the molecule is CCCCCCCCC(CCCCCCC)n1cc(CC(N)C(=O)O)nn1. The van der Waals surface area contributed by atoms with Gasteiger partial charge < -0.3 is 10.8 Å². The van der Waals surface area contributed by atoms with E-state index in [0.29, 0.717) is 11.7 Å². The molecule has 0 aliphatic carbocycles. The monoisotopic (exact) mass is 380 g/mol. The first-order valence-electron chi connectivity index (χ1n) is 11.0. The number of carboxylic acids is 1. The Hall–Kier alpha value is -1.43. The van der Waals surface area contributed by atoms with Crippen molar-refractivity contribution in [3.8, 4) is 0 Å². The standard InChI is InChI=1S/C21H40N4O2/c1-3-5-7-9-11-13-15-19(14-12-10-8-6-4-2)25-17-18(23-24-25)16-20(22)21(26)27/h17,19-20H,3-16,22H2,1-2H3,(H,26,27). The summed E-state index contributed by atoms with van der Waals surface area (Å²) < 4.78 is 1.95. The van der Waals surface area contributed by atoms with E-state index in [0.717, 1.165) is 12.8 Å². The Labute approximate surface area is 164 Å². The van der Waals surface area contributed by atoms with Crippen LogP contribution in [0.15, 0.2) is 6.20 Å². The van der Waals surface area contributed by atoms with E-state index in [1.54, 1.807) is 0 Å². The van der Waals surface area contributed by atoms with E-state index in [9.17, 15) is 4.79 Å². The third kappa shape index (κ3) is 10.5. The maximum absolute atomic E-state index is 10.9. The summed E-state index contributed by atoms with van der Waals surface area (Å²) >= 11 is 0. The van der Waals surface area contributed by atoms with Gasteiger partial charge in [-0.05, 0) is 12.8 Å². The fourth-order valence-electron chi connectivity index (χ4n) is 3.45. The lowest BCUT2D eigenvalue weighted by Gasteiger charge is -2.17. The lowest BCUT2D eigenvalue weighted by molar-refractivity contribution is -0.138. The molecule has 0 saturated heterocycles. The van der Waals surface area contributed by atoms with E-state index in [1.807, 2.05) is 10.9 Å². The summed E-state index contributed by atoms with van der Waals surface area (Å²) in [7, 11) is 0. The van der Waals surface area contributed by atoms with Crippen molar-refractivity contribution in [2.24, 2.45) is 5.73 Å². The van der Waals surface area contributed by atoms with E-state index in [2.05, 4.69) is 24.2 Å². The summed E-state index contributed by atoms with van der Waals surface area (Å²) in [4.78, 5) is 10.9. The van der Waals surface area contributed by atoms with Crippen LogP contribution < -0.4 is 5.73 Å². The van der Waals surface area contributed by atoms with Crippen LogP contribution in [0.1, 0.15) is 109 Å². The lowest BCUT2D eigenvalue weighted by atomic mass is 10.0. The summed E-state index contributed by atoms with van der Waals surface area (Å²) in [6.45, 7) is 4.48. The Kier molecular flexibility index (Phi) is 12.8. The van der Waals surface area contributed by atoms with Crippen molar-refractivity contribution in [1.29, 1.82) is 0 Å². The van der Waals surface area contributed by atoms with Gasteiger partial charge in [0.15, 0.2) is 0 Å². The van der Waals surface area contributed by atoms with Crippen molar-refractivity contribution in [3.63, 3.8) is 0 Å². The molecule has 0 aliphatic rings. The highest BCUT2D eigenvalue weighted by Crippen LogP contribution is 2.23. The van der Waals surface area contributed by atoms with Crippen molar-refractivity contribution in [1.82, 2.24) is 15.0 Å². The van der Waals surface area contributed by atoms with Crippen molar-refractivity contribution in [3.05, 3.63) is 11.9 Å². The number of hydrogen-bond acceptors (Lipinski definition) is 4. The summed E-state index contributed by atoms with van der Waals surface area (Å²) in [6, 6.07) is -0.554. The van der Waals surface area contributed by atoms with Gasteiger partial charge in [-0.3, -0.25) is 4.79 Å². The minimum Gasteiger partial charge on any atom is -0.480 e. The third-order valence-corrected chi connectivity index (χ3v) is 5.21. The number of rotatable bonds is 17. The molecule has 27 heavy (non-hydrogen) atoms. The van der Waals surface area contributed by atoms with E-state index >= 15 is 0 Å². The zero-order valence-corrected chi connectivity index (χ0v) is 17.4. The van der Waals surface area contributed by atoms with Crippen molar-refractivity contribution in [2.45, 2.75) is 116 Å². The number of nitrogens with zero attached hydrogens (tertiary/aromatic N) is 3. The molecule has 0 aromatic carbocycles. The summed E-state index contributed by atoms with van der Waals surface area (Å²) in [5.41, 5.74) is 6.29. The van der Waals surface area contributed by atoms with Gasteiger partial charge in [-0.1, -0.05) is 89.7 Å². The molecular weight excluding hydrogens is 340 g/mol. The highest BCUT2D eigenvalue weighted by Gasteiger charge is 2.17. The first kappa shape index (κ1) is 23.6. The number of carboxylic acid groups (broad SMARTS) is 1. The van der Waals surface area contributed by atoms with Gasteiger partial charge in [-0.25, -0.2) is 4.68 Å². The van der Waals surface area contributed by atoms with E-state index in [1.165, 1.54) is 70.6 Å². The Morgan fingerprint density at radius 2 is 1.52 bits per heavy atom. The van der Waals surface area contributed by atoms with E-state index in [4.69, 9.17) is 10.8 Å². The second-order valence-electron chi connectivity index (χ2n) is 7.75. The summed E-state index contributed by atoms with van der Waals surface area (Å²) in [5.74, 6) is -0.996.